The Bertz CT molecular complexity index is 394. The lowest BCUT2D eigenvalue weighted by molar-refractivity contribution is 0.168. The summed E-state index contributed by atoms with van der Waals surface area (Å²) in [6, 6.07) is 4.56. The van der Waals surface area contributed by atoms with E-state index in [0.29, 0.717) is 6.04 Å². The van der Waals surface area contributed by atoms with Crippen molar-refractivity contribution in [1.82, 2.24) is 9.88 Å². The van der Waals surface area contributed by atoms with Crippen LogP contribution in [0.4, 0.5) is 0 Å². The van der Waals surface area contributed by atoms with Crippen molar-refractivity contribution in [3.05, 3.63) is 30.1 Å². The van der Waals surface area contributed by atoms with Gasteiger partial charge in [-0.05, 0) is 31.0 Å². The summed E-state index contributed by atoms with van der Waals surface area (Å²) < 4.78 is 0. The van der Waals surface area contributed by atoms with Gasteiger partial charge in [-0.15, -0.1) is 0 Å². The van der Waals surface area contributed by atoms with Gasteiger partial charge in [0.1, 0.15) is 6.61 Å². The third-order valence-electron chi connectivity index (χ3n) is 3.17. The molecule has 1 N–H and O–H groups in total. The first-order valence-electron chi connectivity index (χ1n) is 6.12. The average molecular weight is 230 g/mol. The molecule has 0 aromatic carbocycles. The van der Waals surface area contributed by atoms with Gasteiger partial charge in [0.2, 0.25) is 0 Å². The van der Waals surface area contributed by atoms with Crippen LogP contribution in [0.1, 0.15) is 30.9 Å². The summed E-state index contributed by atoms with van der Waals surface area (Å²) in [5, 5.41) is 8.68. The molecule has 1 fully saturated rings. The number of hydrogen-bond donors (Lipinski definition) is 1. The first-order chi connectivity index (χ1) is 8.42. The Kier molecular flexibility index (Phi) is 4.54. The highest BCUT2D eigenvalue weighted by Crippen LogP contribution is 2.29. The molecule has 0 unspecified atom stereocenters. The van der Waals surface area contributed by atoms with Crippen LogP contribution in [-0.4, -0.2) is 34.7 Å². The molecule has 90 valence electrons. The Morgan fingerprint density at radius 3 is 3.12 bits per heavy atom. The molecule has 0 radical (unpaired) electrons. The molecule has 3 nitrogen and oxygen atoms in total. The fraction of sp³-hybridized carbons (Fsp3) is 0.500. The zero-order valence-electron chi connectivity index (χ0n) is 9.97. The fourth-order valence-electron chi connectivity index (χ4n) is 2.34. The third kappa shape index (κ3) is 3.29. The second-order valence-corrected chi connectivity index (χ2v) is 4.28. The maximum absolute atomic E-state index is 8.68. The number of aliphatic hydroxyl groups excluding tert-OH is 1. The topological polar surface area (TPSA) is 36.4 Å². The molecule has 1 aromatic rings. The van der Waals surface area contributed by atoms with E-state index in [1.807, 2.05) is 18.5 Å². The molecular formula is C14H18N2O. The number of aromatic nitrogens is 1. The molecule has 1 aliphatic rings. The average Bonchev–Trinajstić information content (AvgIpc) is 2.41. The highest BCUT2D eigenvalue weighted by molar-refractivity contribution is 5.15. The molecule has 1 saturated heterocycles. The summed E-state index contributed by atoms with van der Waals surface area (Å²) in [4.78, 5) is 6.57. The van der Waals surface area contributed by atoms with Crippen LogP contribution in [0.3, 0.4) is 0 Å². The maximum atomic E-state index is 8.68. The van der Waals surface area contributed by atoms with Crippen LogP contribution in [0.25, 0.3) is 0 Å². The molecule has 2 rings (SSSR count). The quantitative estimate of drug-likeness (QED) is 0.784. The van der Waals surface area contributed by atoms with Crippen LogP contribution < -0.4 is 0 Å². The molecule has 1 aromatic heterocycles. The first-order valence-corrected chi connectivity index (χ1v) is 6.12. The molecule has 17 heavy (non-hydrogen) atoms. The van der Waals surface area contributed by atoms with Gasteiger partial charge in [0.25, 0.3) is 0 Å². The third-order valence-corrected chi connectivity index (χ3v) is 3.17. The van der Waals surface area contributed by atoms with E-state index >= 15 is 0 Å². The van der Waals surface area contributed by atoms with Crippen molar-refractivity contribution < 1.29 is 5.11 Å². The van der Waals surface area contributed by atoms with Crippen LogP contribution in [0, 0.1) is 11.8 Å². The van der Waals surface area contributed by atoms with E-state index in [2.05, 4.69) is 27.8 Å². The predicted molar refractivity (Wildman–Crippen MR) is 67.3 cm³/mol. The van der Waals surface area contributed by atoms with E-state index < -0.39 is 0 Å². The maximum Gasteiger partial charge on any atom is 0.104 e. The van der Waals surface area contributed by atoms with Gasteiger partial charge in [-0.1, -0.05) is 24.3 Å². The lowest BCUT2D eigenvalue weighted by Gasteiger charge is -2.34. The normalized spacial score (nSPS) is 20.6. The molecule has 0 saturated carbocycles. The fourth-order valence-corrected chi connectivity index (χ4v) is 2.34. The van der Waals surface area contributed by atoms with Crippen LogP contribution in [0.15, 0.2) is 24.5 Å². The van der Waals surface area contributed by atoms with E-state index in [0.717, 1.165) is 13.1 Å². The Morgan fingerprint density at radius 1 is 1.41 bits per heavy atom. The molecule has 0 bridgehead atoms. The van der Waals surface area contributed by atoms with Gasteiger partial charge >= 0.3 is 0 Å². The Labute approximate surface area is 102 Å². The molecule has 1 atom stereocenters. The van der Waals surface area contributed by atoms with Gasteiger partial charge in [0, 0.05) is 18.4 Å². The summed E-state index contributed by atoms with van der Waals surface area (Å²) in [7, 11) is 0. The standard InChI is InChI=1S/C14H18N2O/c17-11-4-3-10-16-9-2-1-7-14(16)13-6-5-8-15-12-13/h5-6,8,12,14,17H,1-2,7,9-11H2/t14-/m1/s1. The van der Waals surface area contributed by atoms with Crippen LogP contribution in [-0.2, 0) is 0 Å². The number of nitrogens with zero attached hydrogens (tertiary/aromatic N) is 2. The van der Waals surface area contributed by atoms with E-state index in [1.165, 1.54) is 24.8 Å². The van der Waals surface area contributed by atoms with Crippen molar-refractivity contribution in [2.24, 2.45) is 0 Å². The molecule has 3 heteroatoms. The molecular weight excluding hydrogens is 212 g/mol. The second kappa shape index (κ2) is 6.39. The van der Waals surface area contributed by atoms with Crippen molar-refractivity contribution in [2.75, 3.05) is 19.7 Å². The molecule has 1 aliphatic heterocycles. The Morgan fingerprint density at radius 2 is 2.35 bits per heavy atom. The van der Waals surface area contributed by atoms with Gasteiger partial charge in [0.05, 0.1) is 6.54 Å². The number of aliphatic hydroxyl groups is 1. The summed E-state index contributed by atoms with van der Waals surface area (Å²) in [6.07, 6.45) is 7.43. The second-order valence-electron chi connectivity index (χ2n) is 4.28. The Hall–Kier alpha value is -1.37. The van der Waals surface area contributed by atoms with Crippen molar-refractivity contribution in [3.8, 4) is 11.8 Å². The summed E-state index contributed by atoms with van der Waals surface area (Å²) in [6.45, 7) is 1.77. The van der Waals surface area contributed by atoms with Gasteiger partial charge in [0.15, 0.2) is 0 Å². The number of pyridine rings is 1. The van der Waals surface area contributed by atoms with Crippen molar-refractivity contribution in [2.45, 2.75) is 25.3 Å². The van der Waals surface area contributed by atoms with Crippen molar-refractivity contribution in [1.29, 1.82) is 0 Å². The van der Waals surface area contributed by atoms with Gasteiger partial charge < -0.3 is 5.11 Å². The zero-order valence-corrected chi connectivity index (χ0v) is 9.97. The minimum Gasteiger partial charge on any atom is -0.384 e. The number of hydrogen-bond acceptors (Lipinski definition) is 3. The van der Waals surface area contributed by atoms with Crippen LogP contribution in [0.2, 0.25) is 0 Å². The summed E-state index contributed by atoms with van der Waals surface area (Å²) >= 11 is 0. The number of likely N-dealkylation sites (tertiary alicyclic amines) is 1. The van der Waals surface area contributed by atoms with Crippen LogP contribution in [0.5, 0.6) is 0 Å². The highest BCUT2D eigenvalue weighted by Gasteiger charge is 2.22. The Balaban J connectivity index is 2.07. The SMILES string of the molecule is OCC#CCN1CCCC[C@@H]1c1cccnc1. The van der Waals surface area contributed by atoms with E-state index in [4.69, 9.17) is 5.11 Å². The van der Waals surface area contributed by atoms with E-state index in [9.17, 15) is 0 Å². The molecule has 0 aliphatic carbocycles. The lowest BCUT2D eigenvalue weighted by Crippen LogP contribution is -2.33. The van der Waals surface area contributed by atoms with Crippen molar-refractivity contribution in [3.63, 3.8) is 0 Å². The number of piperidine rings is 1. The van der Waals surface area contributed by atoms with Gasteiger partial charge in [-0.2, -0.15) is 0 Å². The first kappa shape index (κ1) is 12.1. The lowest BCUT2D eigenvalue weighted by atomic mass is 9.96. The monoisotopic (exact) mass is 230 g/mol. The minimum absolute atomic E-state index is 0.0502. The van der Waals surface area contributed by atoms with E-state index in [1.54, 1.807) is 0 Å². The van der Waals surface area contributed by atoms with Crippen molar-refractivity contribution >= 4 is 0 Å². The minimum atomic E-state index is -0.0502. The largest absolute Gasteiger partial charge is 0.384 e. The van der Waals surface area contributed by atoms with Crippen LogP contribution >= 0.6 is 0 Å². The molecule has 0 spiro atoms. The smallest absolute Gasteiger partial charge is 0.104 e. The molecule has 0 amide bonds. The summed E-state index contributed by atoms with van der Waals surface area (Å²) in [5.74, 6) is 5.73. The highest BCUT2D eigenvalue weighted by atomic mass is 16.2. The zero-order chi connectivity index (χ0) is 11.9. The number of rotatable bonds is 2. The summed E-state index contributed by atoms with van der Waals surface area (Å²) in [5.41, 5.74) is 1.28. The molecule has 2 heterocycles. The van der Waals surface area contributed by atoms with Gasteiger partial charge in [-0.3, -0.25) is 9.88 Å². The predicted octanol–water partition coefficient (Wildman–Crippen LogP) is 1.60. The van der Waals surface area contributed by atoms with E-state index in [-0.39, 0.29) is 6.61 Å². The van der Waals surface area contributed by atoms with Gasteiger partial charge in [-0.25, -0.2) is 0 Å².